The standard InChI is InChI=1S/C8H8N2O2S/c1-5-6(2-10-12-5)7-3-9-8(4-11)13-7/h2-3,11H,4H2,1H3. The van der Waals surface area contributed by atoms with E-state index in [4.69, 9.17) is 9.63 Å². The minimum absolute atomic E-state index is 0.0189. The second kappa shape index (κ2) is 3.27. The molecule has 0 saturated heterocycles. The van der Waals surface area contributed by atoms with Crippen LogP contribution in [0.2, 0.25) is 0 Å². The van der Waals surface area contributed by atoms with E-state index in [1.54, 1.807) is 12.4 Å². The van der Waals surface area contributed by atoms with Crippen molar-refractivity contribution in [3.63, 3.8) is 0 Å². The van der Waals surface area contributed by atoms with Gasteiger partial charge in [0, 0.05) is 6.20 Å². The molecule has 5 heteroatoms. The second-order valence-corrected chi connectivity index (χ2v) is 3.69. The summed E-state index contributed by atoms with van der Waals surface area (Å²) in [5, 5.41) is 13.2. The highest BCUT2D eigenvalue weighted by molar-refractivity contribution is 7.15. The van der Waals surface area contributed by atoms with Gasteiger partial charge in [0.2, 0.25) is 0 Å². The third kappa shape index (κ3) is 1.48. The third-order valence-corrected chi connectivity index (χ3v) is 2.72. The van der Waals surface area contributed by atoms with Crippen molar-refractivity contribution in [2.45, 2.75) is 13.5 Å². The summed E-state index contributed by atoms with van der Waals surface area (Å²) in [6.07, 6.45) is 3.37. The molecule has 0 fully saturated rings. The van der Waals surface area contributed by atoms with Gasteiger partial charge in [-0.1, -0.05) is 5.16 Å². The Hall–Kier alpha value is -1.20. The number of nitrogens with zero attached hydrogens (tertiary/aromatic N) is 2. The number of rotatable bonds is 2. The van der Waals surface area contributed by atoms with Crippen molar-refractivity contribution in [2.75, 3.05) is 0 Å². The van der Waals surface area contributed by atoms with Crippen LogP contribution in [0.1, 0.15) is 10.8 Å². The molecule has 0 unspecified atom stereocenters. The number of aromatic nitrogens is 2. The second-order valence-electron chi connectivity index (χ2n) is 2.57. The Bertz CT molecular complexity index is 408. The van der Waals surface area contributed by atoms with E-state index >= 15 is 0 Å². The van der Waals surface area contributed by atoms with Crippen LogP contribution in [0.25, 0.3) is 10.4 Å². The number of aliphatic hydroxyl groups is 1. The molecule has 0 bridgehead atoms. The normalized spacial score (nSPS) is 10.6. The number of hydrogen-bond acceptors (Lipinski definition) is 5. The molecule has 0 aromatic carbocycles. The first kappa shape index (κ1) is 8.40. The van der Waals surface area contributed by atoms with Crippen LogP contribution in [0.3, 0.4) is 0 Å². The maximum atomic E-state index is 8.83. The van der Waals surface area contributed by atoms with Gasteiger partial charge in [-0.15, -0.1) is 11.3 Å². The van der Waals surface area contributed by atoms with Crippen molar-refractivity contribution < 1.29 is 9.63 Å². The Balaban J connectivity index is 2.41. The molecule has 0 radical (unpaired) electrons. The Morgan fingerprint density at radius 1 is 1.54 bits per heavy atom. The molecule has 68 valence electrons. The molecule has 1 N–H and O–H groups in total. The lowest BCUT2D eigenvalue weighted by molar-refractivity contribution is 0.281. The van der Waals surface area contributed by atoms with Crippen molar-refractivity contribution in [3.8, 4) is 10.4 Å². The quantitative estimate of drug-likeness (QED) is 0.792. The minimum Gasteiger partial charge on any atom is -0.389 e. The van der Waals surface area contributed by atoms with Crippen LogP contribution in [0.4, 0.5) is 0 Å². The summed E-state index contributed by atoms with van der Waals surface area (Å²) in [5.41, 5.74) is 0.942. The molecule has 2 heterocycles. The van der Waals surface area contributed by atoms with Gasteiger partial charge >= 0.3 is 0 Å². The van der Waals surface area contributed by atoms with Gasteiger partial charge < -0.3 is 9.63 Å². The van der Waals surface area contributed by atoms with Gasteiger partial charge in [0.05, 0.1) is 23.2 Å². The lowest BCUT2D eigenvalue weighted by atomic mass is 10.2. The summed E-state index contributed by atoms with van der Waals surface area (Å²) in [7, 11) is 0. The van der Waals surface area contributed by atoms with Crippen molar-refractivity contribution in [1.82, 2.24) is 10.1 Å². The maximum Gasteiger partial charge on any atom is 0.142 e. The predicted molar refractivity (Wildman–Crippen MR) is 48.3 cm³/mol. The van der Waals surface area contributed by atoms with Crippen molar-refractivity contribution in [1.29, 1.82) is 0 Å². The molecule has 2 aromatic rings. The summed E-state index contributed by atoms with van der Waals surface area (Å²) in [4.78, 5) is 5.01. The topological polar surface area (TPSA) is 59.2 Å². The highest BCUT2D eigenvalue weighted by atomic mass is 32.1. The summed E-state index contributed by atoms with van der Waals surface area (Å²) in [6.45, 7) is 1.83. The van der Waals surface area contributed by atoms with Gasteiger partial charge in [-0.25, -0.2) is 4.98 Å². The average Bonchev–Trinajstić information content (AvgIpc) is 2.71. The number of thiazole rings is 1. The van der Waals surface area contributed by atoms with Crippen LogP contribution in [0, 0.1) is 6.92 Å². The molecular formula is C8H8N2O2S. The zero-order valence-electron chi connectivity index (χ0n) is 7.02. The Kier molecular flexibility index (Phi) is 2.12. The lowest BCUT2D eigenvalue weighted by Gasteiger charge is -1.88. The van der Waals surface area contributed by atoms with Crippen LogP contribution in [0.15, 0.2) is 16.9 Å². The summed E-state index contributed by atoms with van der Waals surface area (Å²) >= 11 is 1.44. The van der Waals surface area contributed by atoms with E-state index in [-0.39, 0.29) is 6.61 Å². The highest BCUT2D eigenvalue weighted by Gasteiger charge is 2.09. The van der Waals surface area contributed by atoms with E-state index in [0.29, 0.717) is 5.01 Å². The molecular weight excluding hydrogens is 188 g/mol. The summed E-state index contributed by atoms with van der Waals surface area (Å²) < 4.78 is 4.93. The van der Waals surface area contributed by atoms with E-state index in [0.717, 1.165) is 16.2 Å². The first-order chi connectivity index (χ1) is 6.31. The fraction of sp³-hybridized carbons (Fsp3) is 0.250. The molecule has 0 spiro atoms. The number of hydrogen-bond donors (Lipinski definition) is 1. The van der Waals surface area contributed by atoms with Crippen LogP contribution in [0.5, 0.6) is 0 Å². The Labute approximate surface area is 78.8 Å². The van der Waals surface area contributed by atoms with Crippen molar-refractivity contribution in [2.24, 2.45) is 0 Å². The highest BCUT2D eigenvalue weighted by Crippen LogP contribution is 2.28. The summed E-state index contributed by atoms with van der Waals surface area (Å²) in [5.74, 6) is 0.771. The first-order valence-electron chi connectivity index (χ1n) is 3.78. The van der Waals surface area contributed by atoms with Gasteiger partial charge in [-0.3, -0.25) is 0 Å². The molecule has 0 atom stereocenters. The number of aryl methyl sites for hydroxylation is 1. The maximum absolute atomic E-state index is 8.83. The van der Waals surface area contributed by atoms with Crippen LogP contribution in [-0.4, -0.2) is 15.2 Å². The molecule has 2 aromatic heterocycles. The van der Waals surface area contributed by atoms with Gasteiger partial charge in [-0.2, -0.15) is 0 Å². The summed E-state index contributed by atoms with van der Waals surface area (Å²) in [6, 6.07) is 0. The van der Waals surface area contributed by atoms with E-state index in [1.807, 2.05) is 6.92 Å². The van der Waals surface area contributed by atoms with Gasteiger partial charge in [0.1, 0.15) is 10.8 Å². The molecule has 0 saturated carbocycles. The monoisotopic (exact) mass is 196 g/mol. The van der Waals surface area contributed by atoms with E-state index in [2.05, 4.69) is 10.1 Å². The van der Waals surface area contributed by atoms with E-state index in [1.165, 1.54) is 11.3 Å². The number of aliphatic hydroxyl groups excluding tert-OH is 1. The van der Waals surface area contributed by atoms with Gasteiger partial charge in [-0.05, 0) is 6.92 Å². The van der Waals surface area contributed by atoms with Crippen molar-refractivity contribution >= 4 is 11.3 Å². The fourth-order valence-corrected chi connectivity index (χ4v) is 1.88. The average molecular weight is 196 g/mol. The van der Waals surface area contributed by atoms with E-state index in [9.17, 15) is 0 Å². The van der Waals surface area contributed by atoms with E-state index < -0.39 is 0 Å². The van der Waals surface area contributed by atoms with Crippen molar-refractivity contribution in [3.05, 3.63) is 23.2 Å². The molecule has 0 aliphatic rings. The smallest absolute Gasteiger partial charge is 0.142 e. The zero-order valence-corrected chi connectivity index (χ0v) is 7.84. The lowest BCUT2D eigenvalue weighted by Crippen LogP contribution is -1.75. The Morgan fingerprint density at radius 2 is 2.38 bits per heavy atom. The predicted octanol–water partition coefficient (Wildman–Crippen LogP) is 1.60. The van der Waals surface area contributed by atoms with Gasteiger partial charge in [0.25, 0.3) is 0 Å². The van der Waals surface area contributed by atoms with Crippen LogP contribution < -0.4 is 0 Å². The molecule has 0 aliphatic carbocycles. The third-order valence-electron chi connectivity index (χ3n) is 1.71. The van der Waals surface area contributed by atoms with Crippen LogP contribution >= 0.6 is 11.3 Å². The molecule has 0 amide bonds. The van der Waals surface area contributed by atoms with Gasteiger partial charge in [0.15, 0.2) is 0 Å². The largest absolute Gasteiger partial charge is 0.389 e. The Morgan fingerprint density at radius 3 is 2.92 bits per heavy atom. The molecule has 2 rings (SSSR count). The molecule has 0 aliphatic heterocycles. The molecule has 13 heavy (non-hydrogen) atoms. The minimum atomic E-state index is -0.0189. The fourth-order valence-electron chi connectivity index (χ4n) is 1.04. The SMILES string of the molecule is Cc1oncc1-c1cnc(CO)s1. The first-order valence-corrected chi connectivity index (χ1v) is 4.60. The zero-order chi connectivity index (χ0) is 9.26. The van der Waals surface area contributed by atoms with Crippen LogP contribution in [-0.2, 0) is 6.61 Å². The molecule has 4 nitrogen and oxygen atoms in total.